The minimum atomic E-state index is -3.36. The molecule has 1 saturated carbocycles. The van der Waals surface area contributed by atoms with Crippen LogP contribution in [0.25, 0.3) is 0 Å². The number of ether oxygens (including phenoxy) is 1. The molecule has 3 N–H and O–H groups in total. The first-order valence-electron chi connectivity index (χ1n) is 5.62. The summed E-state index contributed by atoms with van der Waals surface area (Å²) in [7, 11) is -1.68. The van der Waals surface area contributed by atoms with Gasteiger partial charge in [0.1, 0.15) is 9.90 Å². The molecule has 0 aromatic carbocycles. The molecule has 1 aliphatic rings. The molecular weight excluding hydrogens is 274 g/mol. The van der Waals surface area contributed by atoms with Crippen LogP contribution in [0.5, 0.6) is 0 Å². The van der Waals surface area contributed by atoms with Crippen LogP contribution in [-0.4, -0.2) is 38.3 Å². The molecule has 1 aromatic heterocycles. The van der Waals surface area contributed by atoms with E-state index in [1.165, 1.54) is 0 Å². The summed E-state index contributed by atoms with van der Waals surface area (Å²) in [5, 5.41) is 3.60. The minimum Gasteiger partial charge on any atom is -0.382 e. The van der Waals surface area contributed by atoms with Gasteiger partial charge in [0.15, 0.2) is 15.7 Å². The van der Waals surface area contributed by atoms with Crippen molar-refractivity contribution in [2.75, 3.05) is 31.0 Å². The third-order valence-corrected chi connectivity index (χ3v) is 5.42. The van der Waals surface area contributed by atoms with Gasteiger partial charge in [0.05, 0.1) is 5.60 Å². The summed E-state index contributed by atoms with van der Waals surface area (Å²) in [5.74, 6) is 0.0603. The lowest BCUT2D eigenvalue weighted by Gasteiger charge is -2.40. The number of anilines is 2. The largest absolute Gasteiger partial charge is 0.382 e. The Labute approximate surface area is 111 Å². The molecule has 0 aliphatic heterocycles. The van der Waals surface area contributed by atoms with E-state index < -0.39 is 9.84 Å². The molecule has 1 aromatic rings. The number of nitrogens with one attached hydrogen (secondary N) is 1. The van der Waals surface area contributed by atoms with Crippen LogP contribution in [0.1, 0.15) is 19.3 Å². The summed E-state index contributed by atoms with van der Waals surface area (Å²) in [4.78, 5) is 0.0954. The molecule has 0 radical (unpaired) electrons. The highest BCUT2D eigenvalue weighted by molar-refractivity contribution is 7.91. The summed E-state index contributed by atoms with van der Waals surface area (Å²) in [6, 6.07) is 0. The van der Waals surface area contributed by atoms with Gasteiger partial charge in [-0.25, -0.2) is 8.42 Å². The second kappa shape index (κ2) is 4.67. The highest BCUT2D eigenvalue weighted by Crippen LogP contribution is 2.37. The second-order valence-corrected chi connectivity index (χ2v) is 7.32. The second-order valence-electron chi connectivity index (χ2n) is 4.59. The zero-order valence-corrected chi connectivity index (χ0v) is 12.0. The lowest BCUT2D eigenvalue weighted by atomic mass is 9.80. The van der Waals surface area contributed by atoms with Gasteiger partial charge in [0, 0.05) is 19.9 Å². The number of rotatable bonds is 5. The Bertz CT molecular complexity index is 529. The van der Waals surface area contributed by atoms with Crippen LogP contribution in [0.3, 0.4) is 0 Å². The fourth-order valence-electron chi connectivity index (χ4n) is 2.03. The van der Waals surface area contributed by atoms with Crippen LogP contribution in [0, 0.1) is 0 Å². The number of methoxy groups -OCH3 is 1. The summed E-state index contributed by atoms with van der Waals surface area (Å²) in [6.45, 7) is 0.577. The predicted octanol–water partition coefficient (Wildman–Crippen LogP) is 1.11. The van der Waals surface area contributed by atoms with Gasteiger partial charge in [0.2, 0.25) is 0 Å². The Kier molecular flexibility index (Phi) is 3.52. The van der Waals surface area contributed by atoms with E-state index in [0.717, 1.165) is 37.1 Å². The maximum Gasteiger partial charge on any atom is 0.182 e. The fourth-order valence-corrected chi connectivity index (χ4v) is 4.09. The van der Waals surface area contributed by atoms with E-state index in [0.29, 0.717) is 11.5 Å². The van der Waals surface area contributed by atoms with E-state index >= 15 is 0 Å². The van der Waals surface area contributed by atoms with Crippen molar-refractivity contribution in [3.05, 3.63) is 0 Å². The molecule has 0 spiro atoms. The number of nitrogens with two attached hydrogens (primary N) is 1. The first-order chi connectivity index (χ1) is 8.38. The standard InChI is InChI=1S/C10H17N3O3S2/c1-16-10(4-3-5-10)6-12-9-7(18(2,14)15)8(11)13-17-9/h12H,3-6H2,1-2H3,(H2,11,13). The van der Waals surface area contributed by atoms with Crippen molar-refractivity contribution in [2.45, 2.75) is 29.8 Å². The van der Waals surface area contributed by atoms with Crippen molar-refractivity contribution in [2.24, 2.45) is 0 Å². The number of nitrogen functional groups attached to an aromatic ring is 1. The fraction of sp³-hybridized carbons (Fsp3) is 0.700. The van der Waals surface area contributed by atoms with Crippen LogP contribution in [-0.2, 0) is 14.6 Å². The summed E-state index contributed by atoms with van der Waals surface area (Å²) in [6.07, 6.45) is 4.24. The third-order valence-electron chi connectivity index (χ3n) is 3.31. The quantitative estimate of drug-likeness (QED) is 0.844. The third kappa shape index (κ3) is 2.45. The van der Waals surface area contributed by atoms with E-state index in [4.69, 9.17) is 10.5 Å². The van der Waals surface area contributed by atoms with Gasteiger partial charge in [-0.05, 0) is 30.8 Å². The van der Waals surface area contributed by atoms with E-state index in [1.54, 1.807) is 7.11 Å². The number of hydrogen-bond donors (Lipinski definition) is 2. The number of hydrogen-bond acceptors (Lipinski definition) is 7. The van der Waals surface area contributed by atoms with Crippen molar-refractivity contribution in [1.29, 1.82) is 0 Å². The van der Waals surface area contributed by atoms with E-state index in [9.17, 15) is 8.42 Å². The van der Waals surface area contributed by atoms with Crippen LogP contribution >= 0.6 is 11.5 Å². The maximum atomic E-state index is 11.6. The maximum absolute atomic E-state index is 11.6. The Morgan fingerprint density at radius 3 is 2.67 bits per heavy atom. The first-order valence-corrected chi connectivity index (χ1v) is 8.29. The number of sulfone groups is 1. The molecule has 2 rings (SSSR count). The minimum absolute atomic E-state index is 0.0603. The molecule has 1 aliphatic carbocycles. The van der Waals surface area contributed by atoms with Gasteiger partial charge in [-0.1, -0.05) is 0 Å². The van der Waals surface area contributed by atoms with E-state index in [1.807, 2.05) is 0 Å². The SMILES string of the molecule is COC1(CNc2snc(N)c2S(C)(=O)=O)CCC1. The Morgan fingerprint density at radius 1 is 1.56 bits per heavy atom. The highest BCUT2D eigenvalue weighted by Gasteiger charge is 2.37. The zero-order chi connectivity index (χ0) is 13.4. The van der Waals surface area contributed by atoms with Crippen molar-refractivity contribution in [3.8, 4) is 0 Å². The molecule has 0 amide bonds. The van der Waals surface area contributed by atoms with Crippen molar-refractivity contribution >= 4 is 32.2 Å². The average molecular weight is 291 g/mol. The van der Waals surface area contributed by atoms with Gasteiger partial charge >= 0.3 is 0 Å². The van der Waals surface area contributed by atoms with E-state index in [2.05, 4.69) is 9.69 Å². The highest BCUT2D eigenvalue weighted by atomic mass is 32.2. The van der Waals surface area contributed by atoms with E-state index in [-0.39, 0.29) is 16.3 Å². The molecule has 0 bridgehead atoms. The molecule has 0 saturated heterocycles. The molecule has 1 heterocycles. The Hall–Kier alpha value is -0.860. The smallest absolute Gasteiger partial charge is 0.182 e. The summed E-state index contributed by atoms with van der Waals surface area (Å²) >= 11 is 1.07. The van der Waals surface area contributed by atoms with Gasteiger partial charge in [-0.15, -0.1) is 0 Å². The summed E-state index contributed by atoms with van der Waals surface area (Å²) in [5.41, 5.74) is 5.42. The number of aromatic nitrogens is 1. The van der Waals surface area contributed by atoms with Gasteiger partial charge in [0.25, 0.3) is 0 Å². The number of nitrogens with zero attached hydrogens (tertiary/aromatic N) is 1. The zero-order valence-electron chi connectivity index (χ0n) is 10.4. The van der Waals surface area contributed by atoms with Crippen molar-refractivity contribution in [1.82, 2.24) is 4.37 Å². The van der Waals surface area contributed by atoms with Crippen molar-refractivity contribution < 1.29 is 13.2 Å². The Morgan fingerprint density at radius 2 is 2.22 bits per heavy atom. The predicted molar refractivity (Wildman–Crippen MR) is 71.7 cm³/mol. The molecule has 0 unspecified atom stereocenters. The molecule has 18 heavy (non-hydrogen) atoms. The van der Waals surface area contributed by atoms with Gasteiger partial charge < -0.3 is 15.8 Å². The first kappa shape index (κ1) is 13.6. The van der Waals surface area contributed by atoms with Crippen LogP contribution in [0.15, 0.2) is 4.90 Å². The molecule has 6 nitrogen and oxygen atoms in total. The van der Waals surface area contributed by atoms with Crippen LogP contribution in [0.4, 0.5) is 10.8 Å². The topological polar surface area (TPSA) is 94.3 Å². The van der Waals surface area contributed by atoms with Crippen molar-refractivity contribution in [3.63, 3.8) is 0 Å². The lowest BCUT2D eigenvalue weighted by Crippen LogP contribution is -2.45. The molecular formula is C10H17N3O3S2. The lowest BCUT2D eigenvalue weighted by molar-refractivity contribution is -0.0601. The monoisotopic (exact) mass is 291 g/mol. The molecule has 0 atom stereocenters. The van der Waals surface area contributed by atoms with Crippen LogP contribution in [0.2, 0.25) is 0 Å². The molecule has 102 valence electrons. The molecule has 8 heteroatoms. The van der Waals surface area contributed by atoms with Gasteiger partial charge in [-0.2, -0.15) is 4.37 Å². The normalized spacial score (nSPS) is 18.3. The summed E-state index contributed by atoms with van der Waals surface area (Å²) < 4.78 is 32.6. The van der Waals surface area contributed by atoms with Crippen LogP contribution < -0.4 is 11.1 Å². The average Bonchev–Trinajstić information content (AvgIpc) is 2.58. The molecule has 1 fully saturated rings. The van der Waals surface area contributed by atoms with Gasteiger partial charge in [-0.3, -0.25) is 0 Å². The Balaban J connectivity index is 2.16.